The summed E-state index contributed by atoms with van der Waals surface area (Å²) in [7, 11) is 0. The summed E-state index contributed by atoms with van der Waals surface area (Å²) in [6, 6.07) is 8.72. The molecule has 0 amide bonds. The lowest BCUT2D eigenvalue weighted by atomic mass is 10.2. The molecule has 1 aliphatic rings. The van der Waals surface area contributed by atoms with Gasteiger partial charge in [-0.05, 0) is 45.7 Å². The van der Waals surface area contributed by atoms with E-state index >= 15 is 0 Å². The van der Waals surface area contributed by atoms with E-state index in [0.717, 1.165) is 37.7 Å². The quantitative estimate of drug-likeness (QED) is 0.319. The summed E-state index contributed by atoms with van der Waals surface area (Å²) in [5.41, 5.74) is 1.27. The maximum atomic E-state index is 13.1. The number of hydrogen-bond donors (Lipinski definition) is 1. The van der Waals surface area contributed by atoms with Gasteiger partial charge in [0.05, 0.1) is 29.8 Å². The molecule has 0 bridgehead atoms. The molecule has 1 fully saturated rings. The van der Waals surface area contributed by atoms with Crippen LogP contribution in [-0.2, 0) is 17.8 Å². The van der Waals surface area contributed by atoms with Gasteiger partial charge < -0.3 is 14.6 Å². The van der Waals surface area contributed by atoms with Crippen LogP contribution in [0.5, 0.6) is 0 Å². The number of carbonyl (C=O) groups is 1. The van der Waals surface area contributed by atoms with Gasteiger partial charge in [-0.3, -0.25) is 14.5 Å². The van der Waals surface area contributed by atoms with Crippen molar-refractivity contribution in [2.24, 2.45) is 0 Å². The summed E-state index contributed by atoms with van der Waals surface area (Å²) >= 11 is 12.3. The molecule has 0 saturated carbocycles. The largest absolute Gasteiger partial charge is 0.379 e. The minimum absolute atomic E-state index is 0.135. The number of nitrogens with zero attached hydrogens (tertiary/aromatic N) is 5. The highest BCUT2D eigenvalue weighted by molar-refractivity contribution is 9.10. The van der Waals surface area contributed by atoms with Crippen molar-refractivity contribution in [3.63, 3.8) is 0 Å². The molecule has 0 unspecified atom stereocenters. The predicted octanol–water partition coefficient (Wildman–Crippen LogP) is 4.28. The van der Waals surface area contributed by atoms with Gasteiger partial charge in [-0.1, -0.05) is 11.6 Å². The molecule has 1 N–H and O–H groups in total. The number of ether oxygens (including phenoxy) is 1. The fourth-order valence-electron chi connectivity index (χ4n) is 3.84. The number of anilines is 1. The highest BCUT2D eigenvalue weighted by Crippen LogP contribution is 2.29. The van der Waals surface area contributed by atoms with Crippen molar-refractivity contribution >= 4 is 62.1 Å². The normalized spacial score (nSPS) is 14.3. The van der Waals surface area contributed by atoms with Crippen molar-refractivity contribution in [3.8, 4) is 11.3 Å². The molecule has 0 aliphatic carbocycles. The van der Waals surface area contributed by atoms with E-state index < -0.39 is 0 Å². The monoisotopic (exact) mass is 608 g/mol. The summed E-state index contributed by atoms with van der Waals surface area (Å²) in [6.07, 6.45) is 1.78. The van der Waals surface area contributed by atoms with E-state index in [1.54, 1.807) is 34.3 Å². The first-order chi connectivity index (χ1) is 17.5. The molecule has 5 rings (SSSR count). The van der Waals surface area contributed by atoms with Gasteiger partial charge in [0.15, 0.2) is 0 Å². The van der Waals surface area contributed by atoms with Gasteiger partial charge >= 0.3 is 0 Å². The van der Waals surface area contributed by atoms with E-state index in [4.69, 9.17) is 16.3 Å². The molecule has 13 heteroatoms. The average Bonchev–Trinajstić information content (AvgIpc) is 3.64. The average molecular weight is 610 g/mol. The summed E-state index contributed by atoms with van der Waals surface area (Å²) in [4.78, 5) is 29.3. The van der Waals surface area contributed by atoms with Crippen LogP contribution in [0.2, 0.25) is 4.34 Å². The van der Waals surface area contributed by atoms with Crippen LogP contribution in [0.3, 0.4) is 0 Å². The molecule has 36 heavy (non-hydrogen) atoms. The van der Waals surface area contributed by atoms with Crippen molar-refractivity contribution in [1.82, 2.24) is 23.6 Å². The zero-order chi connectivity index (χ0) is 25.1. The molecule has 1 aliphatic heterocycles. The fraction of sp³-hybridized carbons (Fsp3) is 0.304. The fourth-order valence-corrected chi connectivity index (χ4v) is 5.93. The van der Waals surface area contributed by atoms with Gasteiger partial charge in [0.1, 0.15) is 11.5 Å². The molecule has 0 aromatic carbocycles. The number of morpholine rings is 1. The molecule has 188 valence electrons. The molecular formula is C23H22BrClN6O3S2. The third kappa shape index (κ3) is 5.79. The minimum atomic E-state index is -0.357. The predicted molar refractivity (Wildman–Crippen MR) is 145 cm³/mol. The van der Waals surface area contributed by atoms with Gasteiger partial charge in [0.2, 0.25) is 0 Å². The molecular weight excluding hydrogens is 588 g/mol. The maximum absolute atomic E-state index is 13.1. The van der Waals surface area contributed by atoms with Crippen LogP contribution in [0, 0.1) is 0 Å². The molecule has 4 aromatic heterocycles. The Morgan fingerprint density at radius 3 is 2.75 bits per heavy atom. The van der Waals surface area contributed by atoms with Crippen LogP contribution in [-0.4, -0.2) is 62.4 Å². The number of nitrogens with one attached hydrogen (secondary N) is 1. The van der Waals surface area contributed by atoms with E-state index in [-0.39, 0.29) is 11.5 Å². The molecule has 0 radical (unpaired) electrons. The zero-order valence-electron chi connectivity index (χ0n) is 19.0. The van der Waals surface area contributed by atoms with Crippen molar-refractivity contribution in [2.45, 2.75) is 13.1 Å². The Balaban J connectivity index is 1.41. The summed E-state index contributed by atoms with van der Waals surface area (Å²) < 4.78 is 13.9. The minimum Gasteiger partial charge on any atom is -0.379 e. The van der Waals surface area contributed by atoms with Gasteiger partial charge in [-0.15, -0.1) is 11.3 Å². The second-order valence-electron chi connectivity index (χ2n) is 8.10. The van der Waals surface area contributed by atoms with Crippen LogP contribution >= 0.6 is 50.4 Å². The maximum Gasteiger partial charge on any atom is 0.299 e. The Morgan fingerprint density at radius 1 is 1.19 bits per heavy atom. The van der Waals surface area contributed by atoms with E-state index in [9.17, 15) is 9.59 Å². The van der Waals surface area contributed by atoms with Gasteiger partial charge in [0, 0.05) is 64.8 Å². The first-order valence-corrected chi connectivity index (χ1v) is 14.0. The lowest BCUT2D eigenvalue weighted by molar-refractivity contribution is 0.0363. The molecule has 0 atom stereocenters. The van der Waals surface area contributed by atoms with Crippen LogP contribution in [0.4, 0.5) is 5.82 Å². The Kier molecular flexibility index (Phi) is 7.99. The third-order valence-electron chi connectivity index (χ3n) is 5.75. The van der Waals surface area contributed by atoms with Gasteiger partial charge in [-0.2, -0.15) is 14.2 Å². The molecule has 0 spiro atoms. The Hall–Kier alpha value is -2.35. The third-order valence-corrected chi connectivity index (χ3v) is 8.17. The Morgan fingerprint density at radius 2 is 2.03 bits per heavy atom. The second kappa shape index (κ2) is 11.4. The zero-order valence-corrected chi connectivity index (χ0v) is 23.0. The number of halogens is 2. The number of hydrogen-bond acceptors (Lipinski definition) is 9. The van der Waals surface area contributed by atoms with Crippen LogP contribution < -0.4 is 10.9 Å². The van der Waals surface area contributed by atoms with E-state index in [0.29, 0.717) is 44.7 Å². The molecule has 1 saturated heterocycles. The highest BCUT2D eigenvalue weighted by atomic mass is 79.9. The summed E-state index contributed by atoms with van der Waals surface area (Å²) in [5.74, 6) is 0.139. The SMILES string of the molecule is O=C(c1ccsn1)n1nc(-c2cc(=O)n(CCN3CCOCC3)cc2Br)cc1NCc1ccc(Cl)s1. The van der Waals surface area contributed by atoms with Crippen LogP contribution in [0.1, 0.15) is 15.4 Å². The number of pyridine rings is 1. The van der Waals surface area contributed by atoms with Gasteiger partial charge in [-0.25, -0.2) is 0 Å². The van der Waals surface area contributed by atoms with Crippen molar-refractivity contribution in [2.75, 3.05) is 38.2 Å². The second-order valence-corrected chi connectivity index (χ2v) is 11.4. The number of carbonyl (C=O) groups excluding carboxylic acids is 1. The molecule has 5 heterocycles. The molecule has 9 nitrogen and oxygen atoms in total. The topological polar surface area (TPSA) is 94.3 Å². The van der Waals surface area contributed by atoms with Crippen LogP contribution in [0.25, 0.3) is 11.3 Å². The van der Waals surface area contributed by atoms with Crippen molar-refractivity contribution in [3.05, 3.63) is 71.6 Å². The first-order valence-electron chi connectivity index (χ1n) is 11.2. The number of aromatic nitrogens is 4. The Labute approximate surface area is 228 Å². The highest BCUT2D eigenvalue weighted by Gasteiger charge is 2.21. The van der Waals surface area contributed by atoms with E-state index in [2.05, 4.69) is 35.6 Å². The number of rotatable bonds is 8. The smallest absolute Gasteiger partial charge is 0.299 e. The van der Waals surface area contributed by atoms with E-state index in [1.165, 1.54) is 27.6 Å². The Bertz CT molecular complexity index is 1410. The summed E-state index contributed by atoms with van der Waals surface area (Å²) in [6.45, 7) is 4.98. The number of thiophene rings is 1. The van der Waals surface area contributed by atoms with Crippen molar-refractivity contribution < 1.29 is 9.53 Å². The van der Waals surface area contributed by atoms with Crippen LogP contribution in [0.15, 0.2) is 51.2 Å². The molecule has 4 aromatic rings. The lowest BCUT2D eigenvalue weighted by Crippen LogP contribution is -2.39. The van der Waals surface area contributed by atoms with Crippen molar-refractivity contribution in [1.29, 1.82) is 0 Å². The van der Waals surface area contributed by atoms with E-state index in [1.807, 2.05) is 12.1 Å². The summed E-state index contributed by atoms with van der Waals surface area (Å²) in [5, 5.41) is 9.56. The lowest BCUT2D eigenvalue weighted by Gasteiger charge is -2.26. The van der Waals surface area contributed by atoms with Gasteiger partial charge in [0.25, 0.3) is 11.5 Å². The standard InChI is InChI=1S/C23H22BrClN6O3S2/c24-17-14-30(5-4-29-6-8-34-9-7-29)22(32)11-16(17)19-12-21(26-13-15-1-2-20(25)36-15)31(27-19)23(33)18-3-10-35-28-18/h1-3,10-12,14,26H,4-9,13H2. The first kappa shape index (κ1) is 25.3.